The predicted molar refractivity (Wildman–Crippen MR) is 84.9 cm³/mol. The van der Waals surface area contributed by atoms with Crippen molar-refractivity contribution in [3.05, 3.63) is 35.9 Å². The zero-order valence-corrected chi connectivity index (χ0v) is 13.3. The van der Waals surface area contributed by atoms with Gasteiger partial charge >= 0.3 is 0 Å². The fraction of sp³-hybridized carbons (Fsp3) is 0.400. The molecule has 0 aliphatic rings. The number of hydrogen-bond acceptors (Lipinski definition) is 5. The first-order valence-corrected chi connectivity index (χ1v) is 8.71. The summed E-state index contributed by atoms with van der Waals surface area (Å²) in [4.78, 5) is 11.5. The summed E-state index contributed by atoms with van der Waals surface area (Å²) in [5.74, 6) is -1.08. The lowest BCUT2D eigenvalue weighted by Crippen LogP contribution is -2.24. The molecule has 1 atom stereocenters. The third-order valence-corrected chi connectivity index (χ3v) is 5.08. The molecule has 0 aliphatic carbocycles. The van der Waals surface area contributed by atoms with Crippen molar-refractivity contribution in [2.75, 3.05) is 12.3 Å². The first-order chi connectivity index (χ1) is 10.4. The van der Waals surface area contributed by atoms with Gasteiger partial charge in [-0.25, -0.2) is 13.9 Å². The molecule has 0 bridgehead atoms. The molecule has 1 amide bonds. The molecule has 22 heavy (non-hydrogen) atoms. The van der Waals surface area contributed by atoms with E-state index in [0.29, 0.717) is 24.9 Å². The lowest BCUT2D eigenvalue weighted by atomic mass is 10.1. The standard InChI is InChI=1S/C15H22N2O4S/c1-12(15(18)17-19)8-9-13-6-2-3-7-14(13)22(20,21)11-5-4-10-16/h2-3,6-9,12,19H,4-5,10-11,16H2,1H3,(H,17,18)/t12-/m1/s1. The van der Waals surface area contributed by atoms with Gasteiger partial charge in [-0.1, -0.05) is 37.3 Å². The second-order valence-electron chi connectivity index (χ2n) is 4.98. The van der Waals surface area contributed by atoms with Crippen LogP contribution >= 0.6 is 0 Å². The van der Waals surface area contributed by atoms with Crippen LogP contribution in [-0.2, 0) is 14.6 Å². The maximum atomic E-state index is 12.4. The number of nitrogens with two attached hydrogens (primary N) is 1. The smallest absolute Gasteiger partial charge is 0.249 e. The number of nitrogens with one attached hydrogen (secondary N) is 1. The molecule has 0 radical (unpaired) electrons. The molecule has 1 aromatic carbocycles. The van der Waals surface area contributed by atoms with Gasteiger partial charge in [-0.05, 0) is 31.0 Å². The zero-order chi connectivity index (χ0) is 16.6. The van der Waals surface area contributed by atoms with Crippen molar-refractivity contribution in [1.82, 2.24) is 5.48 Å². The third-order valence-electron chi connectivity index (χ3n) is 3.21. The summed E-state index contributed by atoms with van der Waals surface area (Å²) in [6.45, 7) is 2.06. The fourth-order valence-corrected chi connectivity index (χ4v) is 3.47. The molecule has 122 valence electrons. The molecule has 4 N–H and O–H groups in total. The summed E-state index contributed by atoms with van der Waals surface area (Å²) in [5, 5.41) is 8.57. The van der Waals surface area contributed by atoms with Crippen LogP contribution in [0.15, 0.2) is 35.2 Å². The molecule has 1 aromatic rings. The van der Waals surface area contributed by atoms with Gasteiger partial charge in [0.2, 0.25) is 5.91 Å². The van der Waals surface area contributed by atoms with Crippen molar-refractivity contribution in [3.8, 4) is 0 Å². The van der Waals surface area contributed by atoms with Crippen LogP contribution in [0, 0.1) is 5.92 Å². The molecule has 1 rings (SSSR count). The van der Waals surface area contributed by atoms with Crippen LogP contribution in [0.5, 0.6) is 0 Å². The lowest BCUT2D eigenvalue weighted by Gasteiger charge is -2.08. The van der Waals surface area contributed by atoms with Gasteiger partial charge in [0.1, 0.15) is 0 Å². The molecular formula is C15H22N2O4S. The van der Waals surface area contributed by atoms with Crippen LogP contribution in [-0.4, -0.2) is 31.8 Å². The van der Waals surface area contributed by atoms with E-state index < -0.39 is 21.7 Å². The van der Waals surface area contributed by atoms with E-state index in [1.54, 1.807) is 48.8 Å². The average Bonchev–Trinajstić information content (AvgIpc) is 2.52. The van der Waals surface area contributed by atoms with Crippen LogP contribution in [0.1, 0.15) is 25.3 Å². The first kappa shape index (κ1) is 18.3. The highest BCUT2D eigenvalue weighted by molar-refractivity contribution is 7.91. The van der Waals surface area contributed by atoms with Crippen molar-refractivity contribution < 1.29 is 18.4 Å². The summed E-state index contributed by atoms with van der Waals surface area (Å²) in [5.41, 5.74) is 7.47. The van der Waals surface area contributed by atoms with Crippen LogP contribution in [0.2, 0.25) is 0 Å². The number of unbranched alkanes of at least 4 members (excludes halogenated alkanes) is 1. The van der Waals surface area contributed by atoms with Gasteiger partial charge < -0.3 is 5.73 Å². The Hall–Kier alpha value is -1.70. The molecule has 0 aliphatic heterocycles. The van der Waals surface area contributed by atoms with Gasteiger partial charge in [0.15, 0.2) is 9.84 Å². The maximum Gasteiger partial charge on any atom is 0.249 e. The van der Waals surface area contributed by atoms with E-state index in [0.717, 1.165) is 0 Å². The Bertz CT molecular complexity index is 626. The Balaban J connectivity index is 2.99. The molecule has 0 spiro atoms. The van der Waals surface area contributed by atoms with Gasteiger partial charge in [0.05, 0.1) is 16.6 Å². The van der Waals surface area contributed by atoms with Gasteiger partial charge in [0.25, 0.3) is 0 Å². The Morgan fingerprint density at radius 2 is 2.05 bits per heavy atom. The highest BCUT2D eigenvalue weighted by atomic mass is 32.2. The Labute approximate surface area is 130 Å². The Morgan fingerprint density at radius 3 is 2.68 bits per heavy atom. The van der Waals surface area contributed by atoms with Crippen LogP contribution in [0.4, 0.5) is 0 Å². The van der Waals surface area contributed by atoms with E-state index in [1.165, 1.54) is 0 Å². The zero-order valence-electron chi connectivity index (χ0n) is 12.5. The number of hydrogen-bond donors (Lipinski definition) is 3. The van der Waals surface area contributed by atoms with Crippen LogP contribution < -0.4 is 11.2 Å². The van der Waals surface area contributed by atoms with Gasteiger partial charge in [-0.15, -0.1) is 0 Å². The van der Waals surface area contributed by atoms with E-state index in [-0.39, 0.29) is 10.6 Å². The molecule has 0 aromatic heterocycles. The first-order valence-electron chi connectivity index (χ1n) is 7.06. The van der Waals surface area contributed by atoms with Crippen molar-refractivity contribution >= 4 is 21.8 Å². The fourth-order valence-electron chi connectivity index (χ4n) is 1.89. The minimum atomic E-state index is -3.39. The molecule has 0 fully saturated rings. The quantitative estimate of drug-likeness (QED) is 0.379. The summed E-state index contributed by atoms with van der Waals surface area (Å²) >= 11 is 0. The second-order valence-corrected chi connectivity index (χ2v) is 7.05. The molecule has 6 nitrogen and oxygen atoms in total. The largest absolute Gasteiger partial charge is 0.330 e. The number of sulfone groups is 1. The number of carbonyl (C=O) groups is 1. The average molecular weight is 326 g/mol. The third kappa shape index (κ3) is 5.25. The topological polar surface area (TPSA) is 109 Å². The normalized spacial score (nSPS) is 13.2. The van der Waals surface area contributed by atoms with Crippen LogP contribution in [0.3, 0.4) is 0 Å². The molecule has 7 heteroatoms. The molecule has 0 unspecified atom stereocenters. The predicted octanol–water partition coefficient (Wildman–Crippen LogP) is 1.35. The van der Waals surface area contributed by atoms with E-state index in [9.17, 15) is 13.2 Å². The van der Waals surface area contributed by atoms with Crippen molar-refractivity contribution in [3.63, 3.8) is 0 Å². The van der Waals surface area contributed by atoms with E-state index in [1.807, 2.05) is 0 Å². The number of amides is 1. The molecule has 0 saturated heterocycles. The summed E-state index contributed by atoms with van der Waals surface area (Å²) < 4.78 is 24.7. The molecule has 0 saturated carbocycles. The monoisotopic (exact) mass is 326 g/mol. The van der Waals surface area contributed by atoms with Crippen molar-refractivity contribution in [2.45, 2.75) is 24.7 Å². The highest BCUT2D eigenvalue weighted by Crippen LogP contribution is 2.20. The summed E-state index contributed by atoms with van der Waals surface area (Å²) in [6.07, 6.45) is 4.29. The minimum Gasteiger partial charge on any atom is -0.330 e. The Kier molecular flexibility index (Phi) is 7.23. The number of rotatable bonds is 8. The molecule has 0 heterocycles. The minimum absolute atomic E-state index is 0.0434. The van der Waals surface area contributed by atoms with Gasteiger partial charge in [-0.2, -0.15) is 0 Å². The summed E-state index contributed by atoms with van der Waals surface area (Å²) in [6, 6.07) is 6.62. The lowest BCUT2D eigenvalue weighted by molar-refractivity contribution is -0.131. The summed E-state index contributed by atoms with van der Waals surface area (Å²) in [7, 11) is -3.39. The van der Waals surface area contributed by atoms with Crippen molar-refractivity contribution in [2.24, 2.45) is 11.7 Å². The van der Waals surface area contributed by atoms with Gasteiger partial charge in [-0.3, -0.25) is 10.0 Å². The maximum absolute atomic E-state index is 12.4. The van der Waals surface area contributed by atoms with Crippen molar-refractivity contribution in [1.29, 1.82) is 0 Å². The number of carbonyl (C=O) groups excluding carboxylic acids is 1. The molecular weight excluding hydrogens is 304 g/mol. The highest BCUT2D eigenvalue weighted by Gasteiger charge is 2.17. The van der Waals surface area contributed by atoms with E-state index in [2.05, 4.69) is 0 Å². The van der Waals surface area contributed by atoms with Crippen LogP contribution in [0.25, 0.3) is 6.08 Å². The van der Waals surface area contributed by atoms with E-state index in [4.69, 9.17) is 10.9 Å². The van der Waals surface area contributed by atoms with Gasteiger partial charge in [0, 0.05) is 0 Å². The SMILES string of the molecule is C[C@H](C=Cc1ccccc1S(=O)(=O)CCCCN)C(=O)NO. The number of hydroxylamine groups is 1. The second kappa shape index (κ2) is 8.67. The van der Waals surface area contributed by atoms with E-state index >= 15 is 0 Å². The number of benzene rings is 1. The Morgan fingerprint density at radius 1 is 1.36 bits per heavy atom.